The van der Waals surface area contributed by atoms with E-state index in [0.717, 1.165) is 31.8 Å². The molecule has 1 N–H and O–H groups in total. The molecule has 0 radical (unpaired) electrons. The van der Waals surface area contributed by atoms with Crippen LogP contribution in [0.2, 0.25) is 0 Å². The van der Waals surface area contributed by atoms with Gasteiger partial charge in [-0.25, -0.2) is 0 Å². The predicted molar refractivity (Wildman–Crippen MR) is 67.9 cm³/mol. The van der Waals surface area contributed by atoms with Crippen molar-refractivity contribution in [3.8, 4) is 11.4 Å². The summed E-state index contributed by atoms with van der Waals surface area (Å²) in [6.45, 7) is 4.18. The molecular formula is C13H16N4. The number of nitrogens with one attached hydrogen (secondary N) is 1. The topological polar surface area (TPSA) is 42.7 Å². The van der Waals surface area contributed by atoms with E-state index in [1.807, 2.05) is 6.33 Å². The van der Waals surface area contributed by atoms with Gasteiger partial charge in [-0.1, -0.05) is 6.92 Å². The largest absolute Gasteiger partial charge is 0.384 e. The SMILES string of the molecule is CCCn1cnnc1-c1ccc2c(c1)CCN2. The lowest BCUT2D eigenvalue weighted by Crippen LogP contribution is -1.98. The zero-order valence-corrected chi connectivity index (χ0v) is 9.98. The minimum Gasteiger partial charge on any atom is -0.384 e. The molecule has 0 fully saturated rings. The van der Waals surface area contributed by atoms with Crippen LogP contribution in [-0.2, 0) is 13.0 Å². The predicted octanol–water partition coefficient (Wildman–Crippen LogP) is 2.32. The molecule has 1 aliphatic heterocycles. The Bertz CT molecular complexity index is 530. The van der Waals surface area contributed by atoms with Crippen LogP contribution in [0, 0.1) is 0 Å². The summed E-state index contributed by atoms with van der Waals surface area (Å²) in [7, 11) is 0. The van der Waals surface area contributed by atoms with Gasteiger partial charge in [0, 0.05) is 24.3 Å². The van der Waals surface area contributed by atoms with Crippen LogP contribution in [0.3, 0.4) is 0 Å². The third-order valence-electron chi connectivity index (χ3n) is 3.15. The van der Waals surface area contributed by atoms with E-state index in [1.54, 1.807) is 0 Å². The number of hydrogen-bond acceptors (Lipinski definition) is 3. The number of anilines is 1. The van der Waals surface area contributed by atoms with Gasteiger partial charge in [0.15, 0.2) is 5.82 Å². The molecule has 2 aromatic rings. The zero-order valence-electron chi connectivity index (χ0n) is 9.98. The first-order chi connectivity index (χ1) is 8.38. The Balaban J connectivity index is 2.00. The van der Waals surface area contributed by atoms with Crippen LogP contribution in [0.25, 0.3) is 11.4 Å². The molecule has 0 aliphatic carbocycles. The van der Waals surface area contributed by atoms with Crippen molar-refractivity contribution in [2.75, 3.05) is 11.9 Å². The maximum Gasteiger partial charge on any atom is 0.163 e. The van der Waals surface area contributed by atoms with Gasteiger partial charge in [-0.05, 0) is 36.6 Å². The molecule has 0 spiro atoms. The molecule has 1 aromatic heterocycles. The minimum atomic E-state index is 0.970. The number of rotatable bonds is 3. The molecule has 0 saturated heterocycles. The third-order valence-corrected chi connectivity index (χ3v) is 3.15. The molecule has 0 amide bonds. The highest BCUT2D eigenvalue weighted by atomic mass is 15.3. The normalized spacial score (nSPS) is 13.5. The van der Waals surface area contributed by atoms with Gasteiger partial charge in [0.1, 0.15) is 6.33 Å². The van der Waals surface area contributed by atoms with Crippen molar-refractivity contribution in [3.05, 3.63) is 30.1 Å². The van der Waals surface area contributed by atoms with Crippen LogP contribution in [0.5, 0.6) is 0 Å². The van der Waals surface area contributed by atoms with Gasteiger partial charge in [0.25, 0.3) is 0 Å². The number of hydrogen-bond donors (Lipinski definition) is 1. The minimum absolute atomic E-state index is 0.970. The van der Waals surface area contributed by atoms with Gasteiger partial charge in [0.05, 0.1) is 0 Å². The number of aryl methyl sites for hydroxylation is 1. The van der Waals surface area contributed by atoms with E-state index < -0.39 is 0 Å². The lowest BCUT2D eigenvalue weighted by Gasteiger charge is -2.06. The van der Waals surface area contributed by atoms with Gasteiger partial charge < -0.3 is 9.88 Å². The molecule has 0 saturated carbocycles. The number of aromatic nitrogens is 3. The van der Waals surface area contributed by atoms with Crippen molar-refractivity contribution in [3.63, 3.8) is 0 Å². The quantitative estimate of drug-likeness (QED) is 0.876. The Morgan fingerprint density at radius 3 is 3.24 bits per heavy atom. The fourth-order valence-corrected chi connectivity index (χ4v) is 2.33. The van der Waals surface area contributed by atoms with Crippen molar-refractivity contribution in [2.24, 2.45) is 0 Å². The Morgan fingerprint density at radius 2 is 2.35 bits per heavy atom. The van der Waals surface area contributed by atoms with Crippen molar-refractivity contribution >= 4 is 5.69 Å². The van der Waals surface area contributed by atoms with E-state index in [0.29, 0.717) is 0 Å². The van der Waals surface area contributed by atoms with Crippen molar-refractivity contribution in [1.29, 1.82) is 0 Å². The Labute approximate surface area is 101 Å². The first kappa shape index (κ1) is 10.3. The second kappa shape index (κ2) is 4.20. The highest BCUT2D eigenvalue weighted by Crippen LogP contribution is 2.27. The molecule has 17 heavy (non-hydrogen) atoms. The lowest BCUT2D eigenvalue weighted by atomic mass is 10.1. The Hall–Kier alpha value is -1.84. The maximum absolute atomic E-state index is 4.22. The Kier molecular flexibility index (Phi) is 2.55. The number of fused-ring (bicyclic) bond motifs is 1. The smallest absolute Gasteiger partial charge is 0.163 e. The zero-order chi connectivity index (χ0) is 11.7. The molecule has 0 bridgehead atoms. The third kappa shape index (κ3) is 1.79. The van der Waals surface area contributed by atoms with Crippen LogP contribution >= 0.6 is 0 Å². The first-order valence-corrected chi connectivity index (χ1v) is 6.13. The molecule has 88 valence electrons. The summed E-state index contributed by atoms with van der Waals surface area (Å²) >= 11 is 0. The summed E-state index contributed by atoms with van der Waals surface area (Å²) < 4.78 is 2.12. The van der Waals surface area contributed by atoms with E-state index in [4.69, 9.17) is 0 Å². The average molecular weight is 228 g/mol. The van der Waals surface area contributed by atoms with Gasteiger partial charge in [-0.2, -0.15) is 0 Å². The number of nitrogens with zero attached hydrogens (tertiary/aromatic N) is 3. The van der Waals surface area contributed by atoms with E-state index in [2.05, 4.69) is 45.2 Å². The summed E-state index contributed by atoms with van der Waals surface area (Å²) in [5.41, 5.74) is 3.81. The van der Waals surface area contributed by atoms with Crippen molar-refractivity contribution in [2.45, 2.75) is 26.3 Å². The van der Waals surface area contributed by atoms with Crippen LogP contribution in [-0.4, -0.2) is 21.3 Å². The molecule has 1 aliphatic rings. The monoisotopic (exact) mass is 228 g/mol. The van der Waals surface area contributed by atoms with Gasteiger partial charge in [-0.15, -0.1) is 10.2 Å². The molecule has 2 heterocycles. The van der Waals surface area contributed by atoms with Crippen molar-refractivity contribution in [1.82, 2.24) is 14.8 Å². The maximum atomic E-state index is 4.22. The molecule has 0 atom stereocenters. The standard InChI is InChI=1S/C13H16N4/c1-2-7-17-9-15-16-13(17)11-3-4-12-10(8-11)5-6-14-12/h3-4,8-9,14H,2,5-7H2,1H3. The summed E-state index contributed by atoms with van der Waals surface area (Å²) in [5, 5.41) is 11.6. The molecule has 3 rings (SSSR count). The average Bonchev–Trinajstić information content (AvgIpc) is 2.96. The molecular weight excluding hydrogens is 212 g/mol. The fourth-order valence-electron chi connectivity index (χ4n) is 2.33. The summed E-state index contributed by atoms with van der Waals surface area (Å²) in [6, 6.07) is 6.49. The second-order valence-electron chi connectivity index (χ2n) is 4.40. The highest BCUT2D eigenvalue weighted by molar-refractivity contribution is 5.65. The first-order valence-electron chi connectivity index (χ1n) is 6.13. The van der Waals surface area contributed by atoms with Crippen LogP contribution in [0.15, 0.2) is 24.5 Å². The van der Waals surface area contributed by atoms with Gasteiger partial charge in [-0.3, -0.25) is 0 Å². The lowest BCUT2D eigenvalue weighted by molar-refractivity contribution is 0.682. The fraction of sp³-hybridized carbons (Fsp3) is 0.385. The summed E-state index contributed by atoms with van der Waals surface area (Å²) in [5.74, 6) is 0.974. The van der Waals surface area contributed by atoms with E-state index in [1.165, 1.54) is 16.8 Å². The highest BCUT2D eigenvalue weighted by Gasteiger charge is 2.13. The summed E-state index contributed by atoms with van der Waals surface area (Å²) in [4.78, 5) is 0. The Morgan fingerprint density at radius 1 is 1.41 bits per heavy atom. The van der Waals surface area contributed by atoms with Gasteiger partial charge in [0.2, 0.25) is 0 Å². The molecule has 4 nitrogen and oxygen atoms in total. The molecule has 1 aromatic carbocycles. The van der Waals surface area contributed by atoms with Gasteiger partial charge >= 0.3 is 0 Å². The van der Waals surface area contributed by atoms with E-state index in [-0.39, 0.29) is 0 Å². The van der Waals surface area contributed by atoms with E-state index >= 15 is 0 Å². The molecule has 4 heteroatoms. The summed E-state index contributed by atoms with van der Waals surface area (Å²) in [6.07, 6.45) is 4.01. The molecule has 0 unspecified atom stereocenters. The van der Waals surface area contributed by atoms with Crippen molar-refractivity contribution < 1.29 is 0 Å². The van der Waals surface area contributed by atoms with Crippen LogP contribution in [0.4, 0.5) is 5.69 Å². The van der Waals surface area contributed by atoms with Crippen LogP contribution in [0.1, 0.15) is 18.9 Å². The number of benzene rings is 1. The van der Waals surface area contributed by atoms with E-state index in [9.17, 15) is 0 Å². The second-order valence-corrected chi connectivity index (χ2v) is 4.40. The van der Waals surface area contributed by atoms with Crippen LogP contribution < -0.4 is 5.32 Å².